The number of hydrogen-bond acceptors (Lipinski definition) is 4. The highest BCUT2D eigenvalue weighted by Crippen LogP contribution is 2.32. The van der Waals surface area contributed by atoms with Crippen LogP contribution in [0.25, 0.3) is 20.2 Å². The number of aryl methyl sites for hydroxylation is 2. The number of fused-ring (bicyclic) bond motifs is 3. The average Bonchev–Trinajstić information content (AvgIpc) is 3.26. The lowest BCUT2D eigenvalue weighted by molar-refractivity contribution is -0.121. The Bertz CT molecular complexity index is 1010. The van der Waals surface area contributed by atoms with E-state index in [0.29, 0.717) is 25.4 Å². The molecule has 0 unspecified atom stereocenters. The fourth-order valence-electron chi connectivity index (χ4n) is 3.82. The van der Waals surface area contributed by atoms with Crippen molar-refractivity contribution < 1.29 is 4.79 Å². The highest BCUT2D eigenvalue weighted by atomic mass is 32.1. The second kappa shape index (κ2) is 7.19. The van der Waals surface area contributed by atoms with Crippen molar-refractivity contribution in [2.24, 2.45) is 0 Å². The molecule has 3 aromatic rings. The number of nitrogens with one attached hydrogen (secondary N) is 1. The van der Waals surface area contributed by atoms with Crippen molar-refractivity contribution in [3.05, 3.63) is 40.3 Å². The molecule has 4 rings (SSSR count). The van der Waals surface area contributed by atoms with Crippen LogP contribution in [0.2, 0.25) is 0 Å². The summed E-state index contributed by atoms with van der Waals surface area (Å²) in [5, 5.41) is 9.33. The van der Waals surface area contributed by atoms with E-state index in [4.69, 9.17) is 0 Å². The maximum Gasteiger partial charge on any atom is 0.276 e. The van der Waals surface area contributed by atoms with Crippen molar-refractivity contribution in [3.8, 4) is 0 Å². The smallest absolute Gasteiger partial charge is 0.276 e. The summed E-state index contributed by atoms with van der Waals surface area (Å²) < 4.78 is 3.60. The van der Waals surface area contributed by atoms with Gasteiger partial charge in [0, 0.05) is 29.1 Å². The van der Waals surface area contributed by atoms with Crippen molar-refractivity contribution in [2.75, 3.05) is 0 Å². The third kappa shape index (κ3) is 3.26. The topological polar surface area (TPSA) is 64.0 Å². The number of amides is 1. The molecule has 2 aromatic heterocycles. The Morgan fingerprint density at radius 1 is 1.31 bits per heavy atom. The molecule has 0 atom stereocenters. The molecule has 0 aliphatic heterocycles. The second-order valence-electron chi connectivity index (χ2n) is 7.07. The zero-order valence-electron chi connectivity index (χ0n) is 15.0. The van der Waals surface area contributed by atoms with Gasteiger partial charge in [0.1, 0.15) is 0 Å². The van der Waals surface area contributed by atoms with E-state index in [1.165, 1.54) is 17.5 Å². The van der Waals surface area contributed by atoms with Gasteiger partial charge in [0.05, 0.1) is 15.8 Å². The highest BCUT2D eigenvalue weighted by molar-refractivity contribution is 7.26. The van der Waals surface area contributed by atoms with Crippen LogP contribution in [0, 0.1) is 6.92 Å². The summed E-state index contributed by atoms with van der Waals surface area (Å²) >= 11 is 1.62. The van der Waals surface area contributed by atoms with Crippen molar-refractivity contribution in [2.45, 2.75) is 58.0 Å². The van der Waals surface area contributed by atoms with E-state index in [1.54, 1.807) is 11.3 Å². The van der Waals surface area contributed by atoms with Gasteiger partial charge in [-0.1, -0.05) is 31.0 Å². The largest absolute Gasteiger partial charge is 0.353 e. The maximum atomic E-state index is 12.9. The molecular formula is C20H23N3O2S. The summed E-state index contributed by atoms with van der Waals surface area (Å²) in [6.07, 6.45) is 5.66. The van der Waals surface area contributed by atoms with Gasteiger partial charge in [-0.15, -0.1) is 11.3 Å². The molecule has 1 aliphatic rings. The van der Waals surface area contributed by atoms with Crippen LogP contribution in [0.15, 0.2) is 29.1 Å². The number of carbonyl (C=O) groups is 1. The Balaban J connectivity index is 1.51. The highest BCUT2D eigenvalue weighted by Gasteiger charge is 2.17. The van der Waals surface area contributed by atoms with Gasteiger partial charge >= 0.3 is 0 Å². The van der Waals surface area contributed by atoms with Crippen molar-refractivity contribution in [1.29, 1.82) is 0 Å². The number of thiophene rings is 1. The second-order valence-corrected chi connectivity index (χ2v) is 8.12. The molecule has 6 heteroatoms. The van der Waals surface area contributed by atoms with Gasteiger partial charge in [-0.3, -0.25) is 9.59 Å². The Morgan fingerprint density at radius 3 is 2.88 bits per heavy atom. The lowest BCUT2D eigenvalue weighted by Crippen LogP contribution is -2.32. The van der Waals surface area contributed by atoms with Crippen LogP contribution in [0.4, 0.5) is 0 Å². The maximum absolute atomic E-state index is 12.9. The number of benzene rings is 1. The van der Waals surface area contributed by atoms with Gasteiger partial charge in [0.2, 0.25) is 5.91 Å². The fourth-order valence-corrected chi connectivity index (χ4v) is 4.96. The average molecular weight is 369 g/mol. The van der Waals surface area contributed by atoms with Gasteiger partial charge in [-0.25, -0.2) is 4.68 Å². The zero-order chi connectivity index (χ0) is 18.1. The molecule has 2 heterocycles. The molecule has 0 spiro atoms. The van der Waals surface area contributed by atoms with Crippen LogP contribution < -0.4 is 10.9 Å². The molecule has 1 fully saturated rings. The minimum atomic E-state index is -0.0562. The predicted octanol–water partition coefficient (Wildman–Crippen LogP) is 3.76. The third-order valence-electron chi connectivity index (χ3n) is 5.14. The summed E-state index contributed by atoms with van der Waals surface area (Å²) in [5.41, 5.74) is 0.815. The van der Waals surface area contributed by atoms with E-state index in [2.05, 4.69) is 10.4 Å². The van der Waals surface area contributed by atoms with E-state index in [-0.39, 0.29) is 11.5 Å². The number of carbonyl (C=O) groups excluding carboxylic acids is 1. The van der Waals surface area contributed by atoms with Gasteiger partial charge in [-0.2, -0.15) is 5.10 Å². The molecule has 5 nitrogen and oxygen atoms in total. The lowest BCUT2D eigenvalue weighted by atomic mass is 10.2. The number of hydrogen-bond donors (Lipinski definition) is 1. The van der Waals surface area contributed by atoms with Crippen molar-refractivity contribution >= 4 is 37.4 Å². The molecule has 0 saturated heterocycles. The zero-order valence-corrected chi connectivity index (χ0v) is 15.8. The Morgan fingerprint density at radius 2 is 2.08 bits per heavy atom. The molecule has 136 valence electrons. The molecule has 0 radical (unpaired) electrons. The molecular weight excluding hydrogens is 346 g/mol. The lowest BCUT2D eigenvalue weighted by Gasteiger charge is -2.12. The first-order valence-electron chi connectivity index (χ1n) is 9.32. The van der Waals surface area contributed by atoms with E-state index in [0.717, 1.165) is 38.7 Å². The molecule has 1 amide bonds. The minimum absolute atomic E-state index is 0.0562. The van der Waals surface area contributed by atoms with Gasteiger partial charge in [-0.05, 0) is 32.3 Å². The first-order chi connectivity index (χ1) is 12.6. The quantitative estimate of drug-likeness (QED) is 0.745. The summed E-state index contributed by atoms with van der Waals surface area (Å²) in [7, 11) is 0. The third-order valence-corrected chi connectivity index (χ3v) is 6.42. The van der Waals surface area contributed by atoms with Crippen molar-refractivity contribution in [1.82, 2.24) is 15.1 Å². The fraction of sp³-hybridized carbons (Fsp3) is 0.450. The normalized spacial score (nSPS) is 15.1. The Labute approximate surface area is 156 Å². The van der Waals surface area contributed by atoms with Gasteiger partial charge in [0.25, 0.3) is 5.56 Å². The summed E-state index contributed by atoms with van der Waals surface area (Å²) in [4.78, 5) is 25.0. The van der Waals surface area contributed by atoms with Crippen LogP contribution in [-0.2, 0) is 11.3 Å². The standard InChI is InChI=1S/C20H23N3O2S/c1-13-19-18(15-9-4-5-10-16(15)26-19)20(25)23(22-13)12-6-11-17(24)21-14-7-2-3-8-14/h4-5,9-10,14H,2-3,6-8,11-12H2,1H3,(H,21,24). The van der Waals surface area contributed by atoms with E-state index in [9.17, 15) is 9.59 Å². The first kappa shape index (κ1) is 17.2. The summed E-state index contributed by atoms with van der Waals surface area (Å²) in [5.74, 6) is 0.0868. The predicted molar refractivity (Wildman–Crippen MR) is 106 cm³/mol. The molecule has 1 aromatic carbocycles. The molecule has 0 bridgehead atoms. The van der Waals surface area contributed by atoms with E-state index in [1.807, 2.05) is 31.2 Å². The van der Waals surface area contributed by atoms with E-state index < -0.39 is 0 Å². The summed E-state index contributed by atoms with van der Waals surface area (Å²) in [6, 6.07) is 8.33. The molecule has 1 saturated carbocycles. The van der Waals surface area contributed by atoms with Crippen molar-refractivity contribution in [3.63, 3.8) is 0 Å². The van der Waals surface area contributed by atoms with E-state index >= 15 is 0 Å². The van der Waals surface area contributed by atoms with Crippen LogP contribution in [0.3, 0.4) is 0 Å². The SMILES string of the molecule is Cc1nn(CCCC(=O)NC2CCCC2)c(=O)c2c1sc1ccccc12. The molecule has 1 aliphatic carbocycles. The van der Waals surface area contributed by atoms with Crippen LogP contribution in [0.5, 0.6) is 0 Å². The van der Waals surface area contributed by atoms with Crippen LogP contribution in [-0.4, -0.2) is 21.7 Å². The Hall–Kier alpha value is -2.21. The minimum Gasteiger partial charge on any atom is -0.353 e. The number of aromatic nitrogens is 2. The number of nitrogens with zero attached hydrogens (tertiary/aromatic N) is 2. The monoisotopic (exact) mass is 369 g/mol. The first-order valence-corrected chi connectivity index (χ1v) is 10.1. The van der Waals surface area contributed by atoms with Crippen LogP contribution in [0.1, 0.15) is 44.2 Å². The van der Waals surface area contributed by atoms with Gasteiger partial charge < -0.3 is 5.32 Å². The molecule has 26 heavy (non-hydrogen) atoms. The van der Waals surface area contributed by atoms with Gasteiger partial charge in [0.15, 0.2) is 0 Å². The number of rotatable bonds is 5. The molecule has 1 N–H and O–H groups in total. The Kier molecular flexibility index (Phi) is 4.76. The van der Waals surface area contributed by atoms with Crippen LogP contribution >= 0.6 is 11.3 Å². The summed E-state index contributed by atoms with van der Waals surface area (Å²) in [6.45, 7) is 2.42.